The van der Waals surface area contributed by atoms with Crippen LogP contribution in [0.2, 0.25) is 0 Å². The SMILES string of the molecule is COc1cccc(C(=O)Nc2cnc(N3CCN(C(=O)OC(C)(C)C)CC3)cn2)c1F. The minimum atomic E-state index is -0.741. The van der Waals surface area contributed by atoms with Crippen LogP contribution in [0.15, 0.2) is 30.6 Å². The Balaban J connectivity index is 1.58. The fourth-order valence-corrected chi connectivity index (χ4v) is 3.02. The molecule has 0 aliphatic carbocycles. The van der Waals surface area contributed by atoms with E-state index >= 15 is 0 Å². The molecule has 0 unspecified atom stereocenters. The molecule has 0 bridgehead atoms. The number of piperazine rings is 1. The van der Waals surface area contributed by atoms with Gasteiger partial charge < -0.3 is 24.6 Å². The Bertz CT molecular complexity index is 938. The number of hydrogen-bond donors (Lipinski definition) is 1. The third kappa shape index (κ3) is 5.59. The van der Waals surface area contributed by atoms with Gasteiger partial charge >= 0.3 is 6.09 Å². The summed E-state index contributed by atoms with van der Waals surface area (Å²) in [6, 6.07) is 4.32. The summed E-state index contributed by atoms with van der Waals surface area (Å²) in [5.41, 5.74) is -0.684. The van der Waals surface area contributed by atoms with Gasteiger partial charge in [0.1, 0.15) is 11.4 Å². The summed E-state index contributed by atoms with van der Waals surface area (Å²) in [6.07, 6.45) is 2.60. The Kier molecular flexibility index (Phi) is 6.57. The fraction of sp³-hybridized carbons (Fsp3) is 0.429. The van der Waals surface area contributed by atoms with Gasteiger partial charge in [-0.2, -0.15) is 0 Å². The molecule has 0 spiro atoms. The van der Waals surface area contributed by atoms with E-state index in [1.807, 2.05) is 25.7 Å². The van der Waals surface area contributed by atoms with E-state index in [2.05, 4.69) is 15.3 Å². The zero-order valence-electron chi connectivity index (χ0n) is 18.0. The highest BCUT2D eigenvalue weighted by Gasteiger charge is 2.26. The van der Waals surface area contributed by atoms with Gasteiger partial charge in [-0.1, -0.05) is 6.07 Å². The molecule has 10 heteroatoms. The molecule has 1 fully saturated rings. The summed E-state index contributed by atoms with van der Waals surface area (Å²) >= 11 is 0. The van der Waals surface area contributed by atoms with Crippen LogP contribution in [0.25, 0.3) is 0 Å². The first-order valence-electron chi connectivity index (χ1n) is 9.86. The second kappa shape index (κ2) is 9.15. The lowest BCUT2D eigenvalue weighted by molar-refractivity contribution is 0.0240. The fourth-order valence-electron chi connectivity index (χ4n) is 3.02. The molecule has 2 aromatic rings. The summed E-state index contributed by atoms with van der Waals surface area (Å²) in [5.74, 6) is -0.586. The molecule has 1 aromatic heterocycles. The number of hydrogen-bond acceptors (Lipinski definition) is 7. The molecule has 1 N–H and O–H groups in total. The first-order chi connectivity index (χ1) is 14.7. The molecule has 1 aliphatic rings. The Morgan fingerprint density at radius 1 is 1.10 bits per heavy atom. The van der Waals surface area contributed by atoms with Gasteiger partial charge in [0, 0.05) is 26.2 Å². The predicted molar refractivity (Wildman–Crippen MR) is 113 cm³/mol. The minimum Gasteiger partial charge on any atom is -0.494 e. The largest absolute Gasteiger partial charge is 0.494 e. The van der Waals surface area contributed by atoms with Crippen molar-refractivity contribution < 1.29 is 23.5 Å². The van der Waals surface area contributed by atoms with Gasteiger partial charge in [-0.25, -0.2) is 19.2 Å². The molecular weight excluding hydrogens is 405 g/mol. The first-order valence-corrected chi connectivity index (χ1v) is 9.86. The van der Waals surface area contributed by atoms with E-state index in [0.717, 1.165) is 0 Å². The molecule has 2 heterocycles. The lowest BCUT2D eigenvalue weighted by Gasteiger charge is -2.36. The van der Waals surface area contributed by atoms with Gasteiger partial charge in [0.25, 0.3) is 5.91 Å². The summed E-state index contributed by atoms with van der Waals surface area (Å²) in [6.45, 7) is 7.66. The first kappa shape index (κ1) is 22.3. The average Bonchev–Trinajstić information content (AvgIpc) is 2.73. The van der Waals surface area contributed by atoms with Gasteiger partial charge in [0.15, 0.2) is 17.4 Å². The number of halogens is 1. The standard InChI is InChI=1S/C21H26FN5O4/c1-21(2,3)31-20(29)27-10-8-26(9-11-27)17-13-23-16(12-24-17)25-19(28)14-6-5-7-15(30-4)18(14)22/h5-7,12-13H,8-11H2,1-4H3,(H,23,25,28). The lowest BCUT2D eigenvalue weighted by atomic mass is 10.2. The van der Waals surface area contributed by atoms with Crippen molar-refractivity contribution in [1.82, 2.24) is 14.9 Å². The van der Waals surface area contributed by atoms with Crippen molar-refractivity contribution in [2.45, 2.75) is 26.4 Å². The number of anilines is 2. The Labute approximate surface area is 180 Å². The van der Waals surface area contributed by atoms with Gasteiger partial charge in [0.2, 0.25) is 0 Å². The summed E-state index contributed by atoms with van der Waals surface area (Å²) in [4.78, 5) is 36.7. The molecule has 9 nitrogen and oxygen atoms in total. The monoisotopic (exact) mass is 431 g/mol. The summed E-state index contributed by atoms with van der Waals surface area (Å²) in [7, 11) is 1.33. The van der Waals surface area contributed by atoms with Crippen molar-refractivity contribution >= 4 is 23.6 Å². The molecule has 1 aliphatic heterocycles. The average molecular weight is 431 g/mol. The van der Waals surface area contributed by atoms with Crippen molar-refractivity contribution in [3.05, 3.63) is 42.0 Å². The van der Waals surface area contributed by atoms with Crippen molar-refractivity contribution in [2.24, 2.45) is 0 Å². The van der Waals surface area contributed by atoms with E-state index in [9.17, 15) is 14.0 Å². The van der Waals surface area contributed by atoms with Crippen LogP contribution in [0.5, 0.6) is 5.75 Å². The smallest absolute Gasteiger partial charge is 0.410 e. The molecule has 31 heavy (non-hydrogen) atoms. The van der Waals surface area contributed by atoms with E-state index in [-0.39, 0.29) is 23.2 Å². The highest BCUT2D eigenvalue weighted by molar-refractivity contribution is 6.04. The lowest BCUT2D eigenvalue weighted by Crippen LogP contribution is -2.50. The van der Waals surface area contributed by atoms with E-state index in [1.54, 1.807) is 4.90 Å². The second-order valence-electron chi connectivity index (χ2n) is 7.99. The topological polar surface area (TPSA) is 96.9 Å². The van der Waals surface area contributed by atoms with Gasteiger partial charge in [-0.15, -0.1) is 0 Å². The number of rotatable bonds is 4. The van der Waals surface area contributed by atoms with Crippen LogP contribution < -0.4 is 15.0 Å². The zero-order valence-corrected chi connectivity index (χ0v) is 18.0. The minimum absolute atomic E-state index is 0.0143. The van der Waals surface area contributed by atoms with Crippen molar-refractivity contribution in [3.8, 4) is 5.75 Å². The van der Waals surface area contributed by atoms with Gasteiger partial charge in [0.05, 0.1) is 25.1 Å². The Hall–Kier alpha value is -3.43. The van der Waals surface area contributed by atoms with E-state index in [1.165, 1.54) is 37.7 Å². The number of nitrogens with one attached hydrogen (secondary N) is 1. The number of nitrogens with zero attached hydrogens (tertiary/aromatic N) is 4. The molecule has 1 aromatic carbocycles. The Morgan fingerprint density at radius 2 is 1.81 bits per heavy atom. The number of benzene rings is 1. The highest BCUT2D eigenvalue weighted by atomic mass is 19.1. The molecular formula is C21H26FN5O4. The van der Waals surface area contributed by atoms with E-state index < -0.39 is 17.3 Å². The van der Waals surface area contributed by atoms with Crippen LogP contribution in [0.1, 0.15) is 31.1 Å². The Morgan fingerprint density at radius 3 is 2.39 bits per heavy atom. The summed E-state index contributed by atoms with van der Waals surface area (Å²) in [5, 5.41) is 2.53. The normalized spacial score (nSPS) is 14.2. The maximum atomic E-state index is 14.2. The maximum absolute atomic E-state index is 14.2. The van der Waals surface area contributed by atoms with Gasteiger partial charge in [-0.05, 0) is 32.9 Å². The van der Waals surface area contributed by atoms with Crippen LogP contribution in [-0.4, -0.2) is 65.8 Å². The molecule has 0 atom stereocenters. The second-order valence-corrected chi connectivity index (χ2v) is 7.99. The van der Waals surface area contributed by atoms with Crippen molar-refractivity contribution in [1.29, 1.82) is 0 Å². The van der Waals surface area contributed by atoms with E-state index in [0.29, 0.717) is 32.0 Å². The number of carbonyl (C=O) groups is 2. The van der Waals surface area contributed by atoms with Crippen LogP contribution in [0.3, 0.4) is 0 Å². The number of ether oxygens (including phenoxy) is 2. The number of amides is 2. The molecule has 166 valence electrons. The third-order valence-corrected chi connectivity index (χ3v) is 4.56. The van der Waals surface area contributed by atoms with Crippen LogP contribution in [0, 0.1) is 5.82 Å². The number of methoxy groups -OCH3 is 1. The molecule has 3 rings (SSSR count). The predicted octanol–water partition coefficient (Wildman–Crippen LogP) is 2.93. The molecule has 2 amide bonds. The van der Waals surface area contributed by atoms with Crippen LogP contribution in [-0.2, 0) is 4.74 Å². The summed E-state index contributed by atoms with van der Waals surface area (Å²) < 4.78 is 24.5. The van der Waals surface area contributed by atoms with Crippen LogP contribution >= 0.6 is 0 Å². The molecule has 0 radical (unpaired) electrons. The van der Waals surface area contributed by atoms with Crippen molar-refractivity contribution in [3.63, 3.8) is 0 Å². The van der Waals surface area contributed by atoms with Gasteiger partial charge in [-0.3, -0.25) is 4.79 Å². The molecule has 1 saturated heterocycles. The quantitative estimate of drug-likeness (QED) is 0.795. The van der Waals surface area contributed by atoms with Crippen molar-refractivity contribution in [2.75, 3.05) is 43.5 Å². The van der Waals surface area contributed by atoms with Crippen LogP contribution in [0.4, 0.5) is 20.8 Å². The molecule has 0 saturated carbocycles. The highest BCUT2D eigenvalue weighted by Crippen LogP contribution is 2.21. The number of aromatic nitrogens is 2. The zero-order chi connectivity index (χ0) is 22.6. The third-order valence-electron chi connectivity index (χ3n) is 4.56. The van der Waals surface area contributed by atoms with E-state index in [4.69, 9.17) is 9.47 Å². The maximum Gasteiger partial charge on any atom is 0.410 e. The number of carbonyl (C=O) groups excluding carboxylic acids is 2.